The molecule has 1 fully saturated rings. The highest BCUT2D eigenvalue weighted by Gasteiger charge is 2.21. The second-order valence-corrected chi connectivity index (χ2v) is 5.58. The van der Waals surface area contributed by atoms with E-state index in [0.717, 1.165) is 18.1 Å². The Morgan fingerprint density at radius 3 is 2.90 bits per heavy atom. The molecule has 4 heteroatoms. The summed E-state index contributed by atoms with van der Waals surface area (Å²) in [4.78, 5) is 0. The van der Waals surface area contributed by atoms with Gasteiger partial charge in [0, 0.05) is 18.2 Å². The highest BCUT2D eigenvalue weighted by molar-refractivity contribution is 6.32. The summed E-state index contributed by atoms with van der Waals surface area (Å²) in [7, 11) is 0. The van der Waals surface area contributed by atoms with Gasteiger partial charge in [0.05, 0.1) is 5.02 Å². The van der Waals surface area contributed by atoms with Crippen molar-refractivity contribution >= 4 is 11.6 Å². The fourth-order valence-electron chi connectivity index (χ4n) is 2.09. The summed E-state index contributed by atoms with van der Waals surface area (Å²) in [5.74, 6) is 2.46. The minimum absolute atomic E-state index is 0.397. The van der Waals surface area contributed by atoms with E-state index in [1.54, 1.807) is 0 Å². The van der Waals surface area contributed by atoms with Crippen LogP contribution in [-0.2, 0) is 13.2 Å². The van der Waals surface area contributed by atoms with Gasteiger partial charge in [0.25, 0.3) is 0 Å². The molecule has 1 saturated carbocycles. The number of halogens is 1. The second kappa shape index (κ2) is 5.90. The number of furan rings is 1. The lowest BCUT2D eigenvalue weighted by Crippen LogP contribution is -2.15. The minimum Gasteiger partial charge on any atom is -0.484 e. The van der Waals surface area contributed by atoms with Crippen molar-refractivity contribution in [1.29, 1.82) is 0 Å². The van der Waals surface area contributed by atoms with Gasteiger partial charge in [-0.2, -0.15) is 0 Å². The number of rotatable bonds is 6. The molecule has 1 aromatic heterocycles. The summed E-state index contributed by atoms with van der Waals surface area (Å²) in [6.07, 6.45) is 2.58. The molecule has 0 bridgehead atoms. The smallest absolute Gasteiger partial charge is 0.146 e. The first kappa shape index (κ1) is 13.5. The van der Waals surface area contributed by atoms with Crippen molar-refractivity contribution in [3.05, 3.63) is 52.4 Å². The zero-order chi connectivity index (χ0) is 13.9. The number of para-hydroxylation sites is 1. The van der Waals surface area contributed by atoms with Gasteiger partial charge in [-0.05, 0) is 38.0 Å². The maximum Gasteiger partial charge on any atom is 0.146 e. The van der Waals surface area contributed by atoms with Gasteiger partial charge < -0.3 is 14.5 Å². The van der Waals surface area contributed by atoms with Crippen molar-refractivity contribution in [2.75, 3.05) is 0 Å². The van der Waals surface area contributed by atoms with Crippen LogP contribution in [-0.4, -0.2) is 6.04 Å². The van der Waals surface area contributed by atoms with E-state index in [-0.39, 0.29) is 0 Å². The molecule has 0 atom stereocenters. The number of benzene rings is 1. The van der Waals surface area contributed by atoms with Crippen LogP contribution in [0.1, 0.15) is 29.9 Å². The topological polar surface area (TPSA) is 34.4 Å². The van der Waals surface area contributed by atoms with E-state index < -0.39 is 0 Å². The second-order valence-electron chi connectivity index (χ2n) is 5.17. The summed E-state index contributed by atoms with van der Waals surface area (Å²) in [6.45, 7) is 3.25. The van der Waals surface area contributed by atoms with Gasteiger partial charge in [0.15, 0.2) is 0 Å². The summed E-state index contributed by atoms with van der Waals surface area (Å²) in [5.41, 5.74) is 1.20. The molecular weight excluding hydrogens is 274 g/mol. The SMILES string of the molecule is Cc1oc(COc2ccccc2Cl)cc1CNC1CC1. The summed E-state index contributed by atoms with van der Waals surface area (Å²) < 4.78 is 11.4. The van der Waals surface area contributed by atoms with E-state index in [2.05, 4.69) is 11.4 Å². The van der Waals surface area contributed by atoms with E-state index in [4.69, 9.17) is 20.8 Å². The largest absolute Gasteiger partial charge is 0.484 e. The number of ether oxygens (including phenoxy) is 1. The average Bonchev–Trinajstić information content (AvgIpc) is 3.20. The van der Waals surface area contributed by atoms with Gasteiger partial charge in [-0.1, -0.05) is 23.7 Å². The molecule has 1 aliphatic carbocycles. The summed E-state index contributed by atoms with van der Waals surface area (Å²) in [6, 6.07) is 10.2. The van der Waals surface area contributed by atoms with Crippen LogP contribution in [0.15, 0.2) is 34.7 Å². The van der Waals surface area contributed by atoms with Crippen molar-refractivity contribution in [1.82, 2.24) is 5.32 Å². The lowest BCUT2D eigenvalue weighted by atomic mass is 10.2. The Bertz CT molecular complexity index is 590. The first-order chi connectivity index (χ1) is 9.72. The first-order valence-corrected chi connectivity index (χ1v) is 7.29. The normalized spacial score (nSPS) is 14.5. The Kier molecular flexibility index (Phi) is 3.99. The van der Waals surface area contributed by atoms with Gasteiger partial charge >= 0.3 is 0 Å². The fourth-order valence-corrected chi connectivity index (χ4v) is 2.28. The Morgan fingerprint density at radius 1 is 1.35 bits per heavy atom. The van der Waals surface area contributed by atoms with E-state index >= 15 is 0 Å². The predicted molar refractivity (Wildman–Crippen MR) is 79.1 cm³/mol. The van der Waals surface area contributed by atoms with Crippen molar-refractivity contribution in [3.8, 4) is 5.75 Å². The molecule has 2 aromatic rings. The van der Waals surface area contributed by atoms with Gasteiger partial charge in [-0.15, -0.1) is 0 Å². The lowest BCUT2D eigenvalue weighted by Gasteiger charge is -2.05. The van der Waals surface area contributed by atoms with Crippen molar-refractivity contribution in [3.63, 3.8) is 0 Å². The molecule has 3 nitrogen and oxygen atoms in total. The van der Waals surface area contributed by atoms with E-state index in [1.165, 1.54) is 18.4 Å². The van der Waals surface area contributed by atoms with E-state index in [1.807, 2.05) is 31.2 Å². The van der Waals surface area contributed by atoms with Crippen LogP contribution < -0.4 is 10.1 Å². The van der Waals surface area contributed by atoms with Crippen LogP contribution in [0.25, 0.3) is 0 Å². The third-order valence-corrected chi connectivity index (χ3v) is 3.75. The monoisotopic (exact) mass is 291 g/mol. The maximum absolute atomic E-state index is 6.05. The third-order valence-electron chi connectivity index (χ3n) is 3.44. The van der Waals surface area contributed by atoms with Gasteiger partial charge in [-0.25, -0.2) is 0 Å². The number of hydrogen-bond donors (Lipinski definition) is 1. The molecule has 1 aliphatic rings. The highest BCUT2D eigenvalue weighted by atomic mass is 35.5. The molecule has 20 heavy (non-hydrogen) atoms. The molecule has 0 unspecified atom stereocenters. The highest BCUT2D eigenvalue weighted by Crippen LogP contribution is 2.25. The molecule has 0 amide bonds. The summed E-state index contributed by atoms with van der Waals surface area (Å²) in [5, 5.41) is 4.11. The van der Waals surface area contributed by atoms with Crippen LogP contribution in [0.3, 0.4) is 0 Å². The number of hydrogen-bond acceptors (Lipinski definition) is 3. The van der Waals surface area contributed by atoms with E-state index in [0.29, 0.717) is 23.4 Å². The predicted octanol–water partition coefficient (Wildman–Crippen LogP) is 4.07. The van der Waals surface area contributed by atoms with Crippen molar-refractivity contribution in [2.24, 2.45) is 0 Å². The fraction of sp³-hybridized carbons (Fsp3) is 0.375. The molecule has 0 aliphatic heterocycles. The maximum atomic E-state index is 6.05. The van der Waals surface area contributed by atoms with Gasteiger partial charge in [0.2, 0.25) is 0 Å². The summed E-state index contributed by atoms with van der Waals surface area (Å²) >= 11 is 6.05. The van der Waals surface area contributed by atoms with Gasteiger partial charge in [0.1, 0.15) is 23.9 Å². The molecule has 0 saturated heterocycles. The molecule has 1 aromatic carbocycles. The molecule has 1 N–H and O–H groups in total. The van der Waals surface area contributed by atoms with Gasteiger partial charge in [-0.3, -0.25) is 0 Å². The molecule has 3 rings (SSSR count). The Balaban J connectivity index is 1.59. The molecule has 1 heterocycles. The zero-order valence-electron chi connectivity index (χ0n) is 11.5. The molecule has 106 valence electrons. The molecule has 0 spiro atoms. The zero-order valence-corrected chi connectivity index (χ0v) is 12.2. The van der Waals surface area contributed by atoms with Crippen molar-refractivity contribution < 1.29 is 9.15 Å². The first-order valence-electron chi connectivity index (χ1n) is 6.91. The van der Waals surface area contributed by atoms with Crippen LogP contribution in [0.2, 0.25) is 5.02 Å². The van der Waals surface area contributed by atoms with Crippen LogP contribution in [0.5, 0.6) is 5.75 Å². The van der Waals surface area contributed by atoms with Crippen LogP contribution >= 0.6 is 11.6 Å². The van der Waals surface area contributed by atoms with Crippen LogP contribution in [0, 0.1) is 6.92 Å². The molecule has 0 radical (unpaired) electrons. The standard InChI is InChI=1S/C16H18ClNO2/c1-11-12(9-18-13-6-7-13)8-14(20-11)10-19-16-5-3-2-4-15(16)17/h2-5,8,13,18H,6-7,9-10H2,1H3. The van der Waals surface area contributed by atoms with Crippen LogP contribution in [0.4, 0.5) is 0 Å². The number of nitrogens with one attached hydrogen (secondary N) is 1. The van der Waals surface area contributed by atoms with E-state index in [9.17, 15) is 0 Å². The number of aryl methyl sites for hydroxylation is 1. The molecular formula is C16H18ClNO2. The van der Waals surface area contributed by atoms with Crippen molar-refractivity contribution in [2.45, 2.75) is 39.0 Å². The minimum atomic E-state index is 0.397. The Morgan fingerprint density at radius 2 is 2.15 bits per heavy atom. The average molecular weight is 292 g/mol. The third kappa shape index (κ3) is 3.35. The lowest BCUT2D eigenvalue weighted by molar-refractivity contribution is 0.267. The quantitative estimate of drug-likeness (QED) is 0.871. The Labute approximate surface area is 123 Å². The Hall–Kier alpha value is -1.45.